The molecule has 2 aliphatic heterocycles. The number of furan rings is 1. The first-order chi connectivity index (χ1) is 16.7. The van der Waals surface area contributed by atoms with Gasteiger partial charge in [-0.05, 0) is 54.8 Å². The highest BCUT2D eigenvalue weighted by atomic mass is 16.3. The number of likely N-dealkylation sites (tertiary alicyclic amines) is 1. The van der Waals surface area contributed by atoms with Crippen LogP contribution in [-0.2, 0) is 11.3 Å². The topological polar surface area (TPSA) is 69.0 Å². The number of rotatable bonds is 6. The van der Waals surface area contributed by atoms with E-state index >= 15 is 0 Å². The Morgan fingerprint density at radius 1 is 0.882 bits per heavy atom. The fraction of sp³-hybridized carbons (Fsp3) is 0.333. The van der Waals surface area contributed by atoms with E-state index in [9.17, 15) is 9.59 Å². The molecule has 176 valence electrons. The average molecular weight is 459 g/mol. The smallest absolute Gasteiger partial charge is 0.290 e. The zero-order valence-corrected chi connectivity index (χ0v) is 19.2. The van der Waals surface area contributed by atoms with Gasteiger partial charge in [-0.2, -0.15) is 0 Å². The van der Waals surface area contributed by atoms with E-state index in [1.54, 1.807) is 17.0 Å². The Kier molecular flexibility index (Phi) is 6.62. The fourth-order valence-electron chi connectivity index (χ4n) is 4.81. The van der Waals surface area contributed by atoms with E-state index in [1.165, 1.54) is 11.8 Å². The maximum absolute atomic E-state index is 12.9. The van der Waals surface area contributed by atoms with Gasteiger partial charge in [-0.1, -0.05) is 30.3 Å². The molecule has 0 unspecified atom stereocenters. The zero-order chi connectivity index (χ0) is 23.3. The van der Waals surface area contributed by atoms with Crippen molar-refractivity contribution >= 4 is 23.2 Å². The Labute approximate surface area is 199 Å². The molecular weight excluding hydrogens is 428 g/mol. The third-order valence-electron chi connectivity index (χ3n) is 6.67. The Bertz CT molecular complexity index is 1090. The predicted octanol–water partition coefficient (Wildman–Crippen LogP) is 3.85. The summed E-state index contributed by atoms with van der Waals surface area (Å²) >= 11 is 0. The van der Waals surface area contributed by atoms with Gasteiger partial charge in [0, 0.05) is 50.6 Å². The Hall–Kier alpha value is -3.58. The fourth-order valence-corrected chi connectivity index (χ4v) is 4.81. The van der Waals surface area contributed by atoms with Gasteiger partial charge in [-0.15, -0.1) is 0 Å². The molecule has 0 spiro atoms. The number of benzene rings is 2. The minimum atomic E-state index is -0.477. The molecule has 0 saturated carbocycles. The number of nitrogens with one attached hydrogen (secondary N) is 1. The van der Waals surface area contributed by atoms with Crippen LogP contribution in [0.3, 0.4) is 0 Å². The lowest BCUT2D eigenvalue weighted by atomic mass is 10.1. The molecule has 34 heavy (non-hydrogen) atoms. The van der Waals surface area contributed by atoms with Gasteiger partial charge in [0.25, 0.3) is 5.91 Å². The minimum absolute atomic E-state index is 0.153. The molecule has 0 bridgehead atoms. The largest absolute Gasteiger partial charge is 0.459 e. The molecule has 3 heterocycles. The molecule has 7 nitrogen and oxygen atoms in total. The van der Waals surface area contributed by atoms with Crippen molar-refractivity contribution in [2.75, 3.05) is 42.9 Å². The number of amides is 2. The van der Waals surface area contributed by atoms with Crippen LogP contribution in [0.5, 0.6) is 0 Å². The Balaban J connectivity index is 1.14. The van der Waals surface area contributed by atoms with Gasteiger partial charge in [-0.3, -0.25) is 14.5 Å². The van der Waals surface area contributed by atoms with E-state index in [1.807, 2.05) is 12.1 Å². The summed E-state index contributed by atoms with van der Waals surface area (Å²) in [5, 5.41) is 2.99. The van der Waals surface area contributed by atoms with Crippen molar-refractivity contribution in [1.82, 2.24) is 9.80 Å². The van der Waals surface area contributed by atoms with Crippen LogP contribution in [0.1, 0.15) is 29.0 Å². The van der Waals surface area contributed by atoms with E-state index in [0.717, 1.165) is 50.5 Å². The summed E-state index contributed by atoms with van der Waals surface area (Å²) in [7, 11) is 0. The third kappa shape index (κ3) is 4.99. The van der Waals surface area contributed by atoms with Crippen LogP contribution in [0.4, 0.5) is 11.4 Å². The lowest BCUT2D eigenvalue weighted by Crippen LogP contribution is -2.46. The summed E-state index contributed by atoms with van der Waals surface area (Å²) in [5.74, 6) is -0.114. The maximum atomic E-state index is 12.9. The molecule has 5 rings (SSSR count). The molecule has 1 N–H and O–H groups in total. The standard InChI is InChI=1S/C27H30N4O3/c32-26(24-8-4-14-31(24)27(33)25-9-5-19-34-25)28-22-10-12-23(13-11-22)30-17-15-29(16-18-30)20-21-6-2-1-3-7-21/h1-3,5-7,9-13,19,24H,4,8,14-18,20H2,(H,28,32)/t24-/m0/s1. The number of hydrogen-bond donors (Lipinski definition) is 1. The number of anilines is 2. The van der Waals surface area contributed by atoms with Gasteiger partial charge in [0.15, 0.2) is 5.76 Å². The van der Waals surface area contributed by atoms with Crippen molar-refractivity contribution in [3.63, 3.8) is 0 Å². The van der Waals surface area contributed by atoms with Crippen molar-refractivity contribution in [3.05, 3.63) is 84.3 Å². The second-order valence-corrected chi connectivity index (χ2v) is 8.92. The number of nitrogens with zero attached hydrogens (tertiary/aromatic N) is 3. The number of hydrogen-bond acceptors (Lipinski definition) is 5. The number of carbonyl (C=O) groups excluding carboxylic acids is 2. The van der Waals surface area contributed by atoms with Gasteiger partial charge in [0.1, 0.15) is 6.04 Å². The van der Waals surface area contributed by atoms with Crippen molar-refractivity contribution < 1.29 is 14.0 Å². The highest BCUT2D eigenvalue weighted by molar-refractivity contribution is 6.00. The van der Waals surface area contributed by atoms with Gasteiger partial charge < -0.3 is 19.5 Å². The van der Waals surface area contributed by atoms with Gasteiger partial charge >= 0.3 is 0 Å². The highest BCUT2D eigenvalue weighted by Crippen LogP contribution is 2.24. The lowest BCUT2D eigenvalue weighted by molar-refractivity contribution is -0.119. The van der Waals surface area contributed by atoms with E-state index in [2.05, 4.69) is 57.6 Å². The van der Waals surface area contributed by atoms with Crippen LogP contribution in [-0.4, -0.2) is 60.4 Å². The minimum Gasteiger partial charge on any atom is -0.459 e. The Morgan fingerprint density at radius 2 is 1.65 bits per heavy atom. The van der Waals surface area contributed by atoms with Crippen LogP contribution >= 0.6 is 0 Å². The van der Waals surface area contributed by atoms with E-state index in [0.29, 0.717) is 13.0 Å². The van der Waals surface area contributed by atoms with Gasteiger partial charge in [-0.25, -0.2) is 0 Å². The first-order valence-corrected chi connectivity index (χ1v) is 11.9. The van der Waals surface area contributed by atoms with Crippen LogP contribution in [0, 0.1) is 0 Å². The Morgan fingerprint density at radius 3 is 2.35 bits per heavy atom. The molecule has 2 aromatic carbocycles. The van der Waals surface area contributed by atoms with Gasteiger partial charge in [0.05, 0.1) is 6.26 Å². The molecule has 2 amide bonds. The van der Waals surface area contributed by atoms with Gasteiger partial charge in [0.2, 0.25) is 5.91 Å². The molecule has 1 aromatic heterocycles. The van der Waals surface area contributed by atoms with Crippen molar-refractivity contribution in [3.8, 4) is 0 Å². The SMILES string of the molecule is O=C(Nc1ccc(N2CCN(Cc3ccccc3)CC2)cc1)[C@@H]1CCCN1C(=O)c1ccco1. The molecule has 3 aromatic rings. The van der Waals surface area contributed by atoms with Crippen LogP contribution in [0.25, 0.3) is 0 Å². The summed E-state index contributed by atoms with van der Waals surface area (Å²) in [6.07, 6.45) is 2.94. The van der Waals surface area contributed by atoms with E-state index in [-0.39, 0.29) is 17.6 Å². The third-order valence-corrected chi connectivity index (χ3v) is 6.67. The van der Waals surface area contributed by atoms with E-state index < -0.39 is 6.04 Å². The van der Waals surface area contributed by atoms with E-state index in [4.69, 9.17) is 4.42 Å². The molecule has 1 atom stereocenters. The maximum Gasteiger partial charge on any atom is 0.290 e. The summed E-state index contributed by atoms with van der Waals surface area (Å²) in [5.41, 5.74) is 3.25. The van der Waals surface area contributed by atoms with Crippen molar-refractivity contribution in [2.24, 2.45) is 0 Å². The summed E-state index contributed by atoms with van der Waals surface area (Å²) in [4.78, 5) is 32.1. The highest BCUT2D eigenvalue weighted by Gasteiger charge is 2.35. The average Bonchev–Trinajstić information content (AvgIpc) is 3.58. The predicted molar refractivity (Wildman–Crippen MR) is 132 cm³/mol. The molecule has 0 radical (unpaired) electrons. The monoisotopic (exact) mass is 458 g/mol. The van der Waals surface area contributed by atoms with Crippen LogP contribution < -0.4 is 10.2 Å². The molecule has 2 fully saturated rings. The normalized spacial score (nSPS) is 18.8. The molecule has 2 aliphatic rings. The first kappa shape index (κ1) is 22.2. The molecular formula is C27H30N4O3. The van der Waals surface area contributed by atoms with Crippen molar-refractivity contribution in [2.45, 2.75) is 25.4 Å². The lowest BCUT2D eigenvalue weighted by Gasteiger charge is -2.36. The van der Waals surface area contributed by atoms with Crippen LogP contribution in [0.2, 0.25) is 0 Å². The quantitative estimate of drug-likeness (QED) is 0.608. The van der Waals surface area contributed by atoms with Crippen molar-refractivity contribution in [1.29, 1.82) is 0 Å². The second kappa shape index (κ2) is 10.1. The molecule has 0 aliphatic carbocycles. The molecule has 2 saturated heterocycles. The zero-order valence-electron chi connectivity index (χ0n) is 19.2. The summed E-state index contributed by atoms with van der Waals surface area (Å²) < 4.78 is 5.23. The summed E-state index contributed by atoms with van der Waals surface area (Å²) in [6, 6.07) is 21.4. The number of carbonyl (C=O) groups is 2. The van der Waals surface area contributed by atoms with Crippen LogP contribution in [0.15, 0.2) is 77.4 Å². The molecule has 7 heteroatoms. The number of piperazine rings is 1. The second-order valence-electron chi connectivity index (χ2n) is 8.92. The summed E-state index contributed by atoms with van der Waals surface area (Å²) in [6.45, 7) is 5.55. The first-order valence-electron chi connectivity index (χ1n) is 11.9.